The highest BCUT2D eigenvalue weighted by atomic mass is 35.5. The Morgan fingerprint density at radius 1 is 1.50 bits per heavy atom. The maximum Gasteiger partial charge on any atom is 0.340 e. The molecule has 1 heterocycles. The number of hydrogen-bond donors (Lipinski definition) is 0. The Bertz CT molecular complexity index is 532. The molecule has 1 saturated heterocycles. The topological polar surface area (TPSA) is 55.8 Å². The van der Waals surface area contributed by atoms with Gasteiger partial charge in [-0.3, -0.25) is 4.79 Å². The van der Waals surface area contributed by atoms with E-state index >= 15 is 0 Å². The van der Waals surface area contributed by atoms with E-state index in [1.54, 1.807) is 25.1 Å². The lowest BCUT2D eigenvalue weighted by Crippen LogP contribution is -2.27. The number of ether oxygens (including phenoxy) is 2. The highest BCUT2D eigenvalue weighted by Gasteiger charge is 2.32. The van der Waals surface area contributed by atoms with Crippen molar-refractivity contribution >= 4 is 29.2 Å². The van der Waals surface area contributed by atoms with Crippen LogP contribution in [0.5, 0.6) is 5.75 Å². The largest absolute Gasteiger partial charge is 0.497 e. The zero-order chi connectivity index (χ0) is 14.7. The minimum Gasteiger partial charge on any atom is -0.497 e. The molecule has 1 amide bonds. The summed E-state index contributed by atoms with van der Waals surface area (Å²) < 4.78 is 10.1. The van der Waals surface area contributed by atoms with Gasteiger partial charge in [-0.15, -0.1) is 11.6 Å². The minimum atomic E-state index is -0.479. The number of halogens is 1. The van der Waals surface area contributed by atoms with Crippen LogP contribution in [0.2, 0.25) is 0 Å². The van der Waals surface area contributed by atoms with E-state index in [1.807, 2.05) is 0 Å². The predicted octanol–water partition coefficient (Wildman–Crippen LogP) is 2.22. The van der Waals surface area contributed by atoms with Crippen molar-refractivity contribution in [2.24, 2.45) is 0 Å². The lowest BCUT2D eigenvalue weighted by Gasteiger charge is -2.19. The van der Waals surface area contributed by atoms with Crippen molar-refractivity contribution < 1.29 is 19.1 Å². The first kappa shape index (κ1) is 14.7. The van der Waals surface area contributed by atoms with Crippen LogP contribution in [0.1, 0.15) is 23.7 Å². The Morgan fingerprint density at radius 2 is 2.25 bits per heavy atom. The SMILES string of the molecule is CCOC(=O)c1cc(OC)ccc1N1CC(Cl)CC1=O. The van der Waals surface area contributed by atoms with Crippen molar-refractivity contribution in [3.63, 3.8) is 0 Å². The van der Waals surface area contributed by atoms with Gasteiger partial charge in [0.05, 0.1) is 30.3 Å². The Labute approximate surface area is 122 Å². The molecule has 1 unspecified atom stereocenters. The molecule has 20 heavy (non-hydrogen) atoms. The summed E-state index contributed by atoms with van der Waals surface area (Å²) in [7, 11) is 1.51. The number of rotatable bonds is 4. The van der Waals surface area contributed by atoms with E-state index in [-0.39, 0.29) is 24.3 Å². The van der Waals surface area contributed by atoms with E-state index in [1.165, 1.54) is 12.0 Å². The van der Waals surface area contributed by atoms with E-state index in [0.29, 0.717) is 23.5 Å². The monoisotopic (exact) mass is 297 g/mol. The number of carbonyl (C=O) groups excluding carboxylic acids is 2. The molecule has 1 atom stereocenters. The van der Waals surface area contributed by atoms with Crippen molar-refractivity contribution in [1.82, 2.24) is 0 Å². The van der Waals surface area contributed by atoms with Gasteiger partial charge in [0.25, 0.3) is 0 Å². The molecule has 5 nitrogen and oxygen atoms in total. The van der Waals surface area contributed by atoms with E-state index in [2.05, 4.69) is 0 Å². The molecule has 0 saturated carbocycles. The summed E-state index contributed by atoms with van der Waals surface area (Å²) in [6, 6.07) is 4.95. The second kappa shape index (κ2) is 6.13. The van der Waals surface area contributed by atoms with Crippen molar-refractivity contribution in [1.29, 1.82) is 0 Å². The standard InChI is InChI=1S/C14H16ClNO4/c1-3-20-14(18)11-7-10(19-2)4-5-12(11)16-8-9(15)6-13(16)17/h4-5,7,9H,3,6,8H2,1-2H3. The van der Waals surface area contributed by atoms with Gasteiger partial charge in [0, 0.05) is 13.0 Å². The summed E-state index contributed by atoms with van der Waals surface area (Å²) in [6.45, 7) is 2.38. The van der Waals surface area contributed by atoms with Gasteiger partial charge in [0.2, 0.25) is 5.91 Å². The van der Waals surface area contributed by atoms with Gasteiger partial charge in [-0.2, -0.15) is 0 Å². The molecule has 6 heteroatoms. The number of alkyl halides is 1. The van der Waals surface area contributed by atoms with Crippen LogP contribution >= 0.6 is 11.6 Å². The normalized spacial score (nSPS) is 18.2. The van der Waals surface area contributed by atoms with E-state index in [0.717, 1.165) is 0 Å². The maximum absolute atomic E-state index is 12.0. The summed E-state index contributed by atoms with van der Waals surface area (Å²) in [5, 5.41) is -0.236. The highest BCUT2D eigenvalue weighted by Crippen LogP contribution is 2.30. The van der Waals surface area contributed by atoms with Gasteiger partial charge in [-0.05, 0) is 25.1 Å². The Kier molecular flexibility index (Phi) is 4.49. The third-order valence-corrected chi connectivity index (χ3v) is 3.36. The first-order valence-corrected chi connectivity index (χ1v) is 6.80. The summed E-state index contributed by atoms with van der Waals surface area (Å²) in [4.78, 5) is 25.5. The third kappa shape index (κ3) is 2.88. The lowest BCUT2D eigenvalue weighted by molar-refractivity contribution is -0.117. The number of carbonyl (C=O) groups is 2. The number of methoxy groups -OCH3 is 1. The second-order valence-electron chi connectivity index (χ2n) is 4.41. The fourth-order valence-electron chi connectivity index (χ4n) is 2.15. The molecule has 0 aliphatic carbocycles. The van der Waals surface area contributed by atoms with E-state index < -0.39 is 5.97 Å². The fraction of sp³-hybridized carbons (Fsp3) is 0.429. The van der Waals surface area contributed by atoms with Crippen molar-refractivity contribution in [3.8, 4) is 5.75 Å². The first-order valence-electron chi connectivity index (χ1n) is 6.36. The number of hydrogen-bond acceptors (Lipinski definition) is 4. The molecule has 2 rings (SSSR count). The lowest BCUT2D eigenvalue weighted by atomic mass is 10.1. The molecule has 108 valence electrons. The van der Waals surface area contributed by atoms with Crippen LogP contribution in [-0.4, -0.2) is 37.5 Å². The molecule has 0 bridgehead atoms. The van der Waals surface area contributed by atoms with Gasteiger partial charge in [-0.1, -0.05) is 0 Å². The molecular formula is C14H16ClNO4. The molecule has 0 N–H and O–H groups in total. The molecular weight excluding hydrogens is 282 g/mol. The van der Waals surface area contributed by atoms with Gasteiger partial charge in [-0.25, -0.2) is 4.79 Å². The number of anilines is 1. The predicted molar refractivity (Wildman–Crippen MR) is 75.6 cm³/mol. The summed E-state index contributed by atoms with van der Waals surface area (Å²) in [6.07, 6.45) is 0.274. The van der Waals surface area contributed by atoms with Gasteiger partial charge in [0.15, 0.2) is 0 Å². The number of nitrogens with zero attached hydrogens (tertiary/aromatic N) is 1. The molecule has 0 spiro atoms. The van der Waals surface area contributed by atoms with Crippen molar-refractivity contribution in [2.75, 3.05) is 25.2 Å². The Morgan fingerprint density at radius 3 is 2.80 bits per heavy atom. The molecule has 0 aromatic heterocycles. The van der Waals surface area contributed by atoms with Crippen LogP contribution in [0.15, 0.2) is 18.2 Å². The van der Waals surface area contributed by atoms with Crippen LogP contribution in [0, 0.1) is 0 Å². The molecule has 1 aliphatic rings. The zero-order valence-electron chi connectivity index (χ0n) is 11.4. The quantitative estimate of drug-likeness (QED) is 0.631. The Balaban J connectivity index is 2.41. The van der Waals surface area contributed by atoms with Crippen LogP contribution in [0.25, 0.3) is 0 Å². The molecule has 1 aromatic rings. The van der Waals surface area contributed by atoms with Gasteiger partial charge >= 0.3 is 5.97 Å². The summed E-state index contributed by atoms with van der Waals surface area (Å²) >= 11 is 6.00. The van der Waals surface area contributed by atoms with E-state index in [9.17, 15) is 9.59 Å². The van der Waals surface area contributed by atoms with Crippen LogP contribution in [-0.2, 0) is 9.53 Å². The van der Waals surface area contributed by atoms with Crippen LogP contribution in [0.4, 0.5) is 5.69 Å². The second-order valence-corrected chi connectivity index (χ2v) is 5.03. The maximum atomic E-state index is 12.0. The summed E-state index contributed by atoms with van der Waals surface area (Å²) in [5.41, 5.74) is 0.822. The molecule has 0 radical (unpaired) electrons. The van der Waals surface area contributed by atoms with Crippen LogP contribution in [0.3, 0.4) is 0 Å². The van der Waals surface area contributed by atoms with Gasteiger partial charge < -0.3 is 14.4 Å². The fourth-order valence-corrected chi connectivity index (χ4v) is 2.42. The molecule has 1 aromatic carbocycles. The number of amides is 1. The average molecular weight is 298 g/mol. The third-order valence-electron chi connectivity index (χ3n) is 3.07. The minimum absolute atomic E-state index is 0.0966. The number of esters is 1. The van der Waals surface area contributed by atoms with Gasteiger partial charge in [0.1, 0.15) is 5.75 Å². The smallest absolute Gasteiger partial charge is 0.340 e. The van der Waals surface area contributed by atoms with E-state index in [4.69, 9.17) is 21.1 Å². The van der Waals surface area contributed by atoms with Crippen LogP contribution < -0.4 is 9.64 Å². The van der Waals surface area contributed by atoms with Crippen molar-refractivity contribution in [3.05, 3.63) is 23.8 Å². The highest BCUT2D eigenvalue weighted by molar-refractivity contribution is 6.24. The zero-order valence-corrected chi connectivity index (χ0v) is 12.1. The Hall–Kier alpha value is -1.75. The summed E-state index contributed by atoms with van der Waals surface area (Å²) in [5.74, 6) is -0.0428. The van der Waals surface area contributed by atoms with Crippen molar-refractivity contribution in [2.45, 2.75) is 18.7 Å². The molecule has 1 aliphatic heterocycles. The number of benzene rings is 1. The first-order chi connectivity index (χ1) is 9.56. The average Bonchev–Trinajstić information content (AvgIpc) is 2.77. The molecule has 1 fully saturated rings.